The molecule has 0 aromatic carbocycles. The number of carbonyl (C=O) groups excluding carboxylic acids is 1. The van der Waals surface area contributed by atoms with Crippen molar-refractivity contribution in [1.29, 1.82) is 0 Å². The van der Waals surface area contributed by atoms with E-state index < -0.39 is 0 Å². The van der Waals surface area contributed by atoms with Gasteiger partial charge in [0.05, 0.1) is 12.3 Å². The Kier molecular flexibility index (Phi) is 6.07. The zero-order valence-corrected chi connectivity index (χ0v) is 14.8. The molecular weight excluding hydrogens is 300 g/mol. The molecule has 1 saturated heterocycles. The maximum Gasteiger partial charge on any atom is 0.236 e. The summed E-state index contributed by atoms with van der Waals surface area (Å²) in [6.45, 7) is 3.40. The summed E-state index contributed by atoms with van der Waals surface area (Å²) in [5.74, 6) is 0.943. The number of hydrogen-bond acceptors (Lipinski definition) is 4. The van der Waals surface area contributed by atoms with Crippen molar-refractivity contribution in [1.82, 2.24) is 15.2 Å². The lowest BCUT2D eigenvalue weighted by atomic mass is 10.1. The molecule has 1 heterocycles. The number of nitrogens with zero attached hydrogens (tertiary/aromatic N) is 3. The normalized spacial score (nSPS) is 28.0. The van der Waals surface area contributed by atoms with Crippen LogP contribution in [0.25, 0.3) is 0 Å². The van der Waals surface area contributed by atoms with Crippen LogP contribution in [0.15, 0.2) is 29.4 Å². The van der Waals surface area contributed by atoms with Gasteiger partial charge in [-0.1, -0.05) is 18.2 Å². The highest BCUT2D eigenvalue weighted by Gasteiger charge is 2.26. The minimum atomic E-state index is 0.275. The van der Waals surface area contributed by atoms with Crippen molar-refractivity contribution >= 4 is 11.6 Å². The van der Waals surface area contributed by atoms with Crippen molar-refractivity contribution in [3.05, 3.63) is 24.3 Å². The fourth-order valence-electron chi connectivity index (χ4n) is 3.95. The predicted octanol–water partition coefficient (Wildman–Crippen LogP) is 2.17. The molecule has 132 valence electrons. The fraction of sp³-hybridized carbons (Fsp3) is 0.684. The highest BCUT2D eigenvalue weighted by molar-refractivity contribution is 5.96. The summed E-state index contributed by atoms with van der Waals surface area (Å²) < 4.78 is 0. The second kappa shape index (κ2) is 8.47. The first-order valence-electron chi connectivity index (χ1n) is 9.33. The van der Waals surface area contributed by atoms with E-state index in [1.54, 1.807) is 0 Å². The summed E-state index contributed by atoms with van der Waals surface area (Å²) in [6.07, 6.45) is 15.1. The number of nitrogens with one attached hydrogen (secondary N) is 1. The third-order valence-corrected chi connectivity index (χ3v) is 5.23. The molecule has 0 aromatic heterocycles. The number of amides is 1. The second-order valence-corrected chi connectivity index (χ2v) is 7.27. The van der Waals surface area contributed by atoms with Gasteiger partial charge in [-0.05, 0) is 44.1 Å². The van der Waals surface area contributed by atoms with Gasteiger partial charge < -0.3 is 10.2 Å². The molecule has 5 heteroatoms. The van der Waals surface area contributed by atoms with Crippen LogP contribution in [-0.2, 0) is 4.79 Å². The van der Waals surface area contributed by atoms with E-state index in [9.17, 15) is 4.79 Å². The highest BCUT2D eigenvalue weighted by Crippen LogP contribution is 2.26. The zero-order chi connectivity index (χ0) is 16.8. The Morgan fingerprint density at radius 1 is 1.33 bits per heavy atom. The van der Waals surface area contributed by atoms with E-state index in [1.165, 1.54) is 12.8 Å². The first kappa shape index (κ1) is 17.2. The monoisotopic (exact) mass is 330 g/mol. The average molecular weight is 330 g/mol. The van der Waals surface area contributed by atoms with Crippen LogP contribution in [0.3, 0.4) is 0 Å². The molecule has 1 N–H and O–H groups in total. The molecule has 0 spiro atoms. The molecule has 3 aliphatic rings. The van der Waals surface area contributed by atoms with Crippen LogP contribution >= 0.6 is 0 Å². The van der Waals surface area contributed by atoms with E-state index in [1.807, 2.05) is 11.0 Å². The van der Waals surface area contributed by atoms with Crippen LogP contribution in [0.1, 0.15) is 38.5 Å². The number of allylic oxidation sites excluding steroid dienone is 4. The van der Waals surface area contributed by atoms with Crippen LogP contribution in [0.5, 0.6) is 0 Å². The van der Waals surface area contributed by atoms with Crippen LogP contribution in [0.4, 0.5) is 0 Å². The lowest BCUT2D eigenvalue weighted by molar-refractivity contribution is -0.129. The van der Waals surface area contributed by atoms with Gasteiger partial charge in [-0.15, -0.1) is 0 Å². The molecule has 2 aliphatic carbocycles. The predicted molar refractivity (Wildman–Crippen MR) is 97.9 cm³/mol. The van der Waals surface area contributed by atoms with Gasteiger partial charge in [0.1, 0.15) is 0 Å². The Balaban J connectivity index is 1.36. The summed E-state index contributed by atoms with van der Waals surface area (Å²) in [5.41, 5.74) is 1.13. The van der Waals surface area contributed by atoms with E-state index in [2.05, 4.69) is 40.7 Å². The molecule has 1 saturated carbocycles. The van der Waals surface area contributed by atoms with Crippen molar-refractivity contribution in [2.75, 3.05) is 33.2 Å². The molecule has 2 atom stereocenters. The minimum Gasteiger partial charge on any atom is -0.342 e. The molecule has 5 nitrogen and oxygen atoms in total. The summed E-state index contributed by atoms with van der Waals surface area (Å²) in [5, 5.41) is 10.2. The fourth-order valence-corrected chi connectivity index (χ4v) is 3.95. The number of hydrazone groups is 1. The number of hydrogen-bond donors (Lipinski definition) is 1. The summed E-state index contributed by atoms with van der Waals surface area (Å²) in [6, 6.07) is 0.486. The summed E-state index contributed by atoms with van der Waals surface area (Å²) >= 11 is 0. The Labute approximate surface area is 145 Å². The maximum absolute atomic E-state index is 12.1. The van der Waals surface area contributed by atoms with Gasteiger partial charge in [0.15, 0.2) is 0 Å². The lowest BCUT2D eigenvalue weighted by Gasteiger charge is -2.20. The maximum atomic E-state index is 12.1. The molecule has 2 unspecified atom stereocenters. The Bertz CT molecular complexity index is 519. The molecule has 0 radical (unpaired) electrons. The third-order valence-electron chi connectivity index (χ3n) is 5.23. The topological polar surface area (TPSA) is 47.9 Å². The smallest absolute Gasteiger partial charge is 0.236 e. The summed E-state index contributed by atoms with van der Waals surface area (Å²) in [7, 11) is 2.07. The minimum absolute atomic E-state index is 0.275. The van der Waals surface area contributed by atoms with Crippen molar-refractivity contribution < 1.29 is 4.79 Å². The molecule has 0 bridgehead atoms. The molecule has 3 rings (SSSR count). The number of likely N-dealkylation sites (tertiary alicyclic amines) is 1. The molecule has 0 aromatic rings. The standard InChI is InChI=1S/C19H30N4O/c1-22(21-17-7-3-2-4-8-17)15-16-9-10-18(13-16)20-14-19(24)23-11-5-6-12-23/h2-4,7,16,18,20H,5-6,8-15H2,1H3/b21-17-. The lowest BCUT2D eigenvalue weighted by Crippen LogP contribution is -2.39. The molecule has 1 amide bonds. The van der Waals surface area contributed by atoms with E-state index in [4.69, 9.17) is 0 Å². The Hall–Kier alpha value is -1.62. The van der Waals surface area contributed by atoms with Gasteiger partial charge in [0, 0.05) is 39.1 Å². The van der Waals surface area contributed by atoms with E-state index >= 15 is 0 Å². The van der Waals surface area contributed by atoms with Crippen molar-refractivity contribution in [2.45, 2.75) is 44.6 Å². The van der Waals surface area contributed by atoms with Gasteiger partial charge in [0.25, 0.3) is 0 Å². The van der Waals surface area contributed by atoms with E-state index in [-0.39, 0.29) is 5.91 Å². The van der Waals surface area contributed by atoms with E-state index in [0.29, 0.717) is 18.5 Å². The number of rotatable bonds is 6. The Morgan fingerprint density at radius 3 is 2.92 bits per heavy atom. The van der Waals surface area contributed by atoms with Gasteiger partial charge in [-0.3, -0.25) is 9.80 Å². The van der Waals surface area contributed by atoms with Crippen LogP contribution < -0.4 is 5.32 Å². The zero-order valence-electron chi connectivity index (χ0n) is 14.8. The first-order chi connectivity index (χ1) is 11.7. The molecule has 1 aliphatic heterocycles. The van der Waals surface area contributed by atoms with Crippen molar-refractivity contribution in [2.24, 2.45) is 11.0 Å². The SMILES string of the molecule is CN(CC1CCC(NCC(=O)N2CCCC2)C1)/N=C1/C=CC=CC1. The van der Waals surface area contributed by atoms with Crippen LogP contribution in [-0.4, -0.2) is 60.8 Å². The summed E-state index contributed by atoms with van der Waals surface area (Å²) in [4.78, 5) is 14.1. The largest absolute Gasteiger partial charge is 0.342 e. The van der Waals surface area contributed by atoms with Gasteiger partial charge >= 0.3 is 0 Å². The van der Waals surface area contributed by atoms with Gasteiger partial charge in [-0.25, -0.2) is 0 Å². The number of carbonyl (C=O) groups is 1. The van der Waals surface area contributed by atoms with Gasteiger partial charge in [0.2, 0.25) is 5.91 Å². The Morgan fingerprint density at radius 2 is 2.17 bits per heavy atom. The van der Waals surface area contributed by atoms with Crippen molar-refractivity contribution in [3.63, 3.8) is 0 Å². The molecule has 24 heavy (non-hydrogen) atoms. The quantitative estimate of drug-likeness (QED) is 0.759. The molecular formula is C19H30N4O. The average Bonchev–Trinajstić information content (AvgIpc) is 3.25. The van der Waals surface area contributed by atoms with Crippen LogP contribution in [0.2, 0.25) is 0 Å². The third kappa shape index (κ3) is 4.94. The van der Waals surface area contributed by atoms with E-state index in [0.717, 1.165) is 51.0 Å². The van der Waals surface area contributed by atoms with Crippen LogP contribution in [0, 0.1) is 5.92 Å². The van der Waals surface area contributed by atoms with Crippen molar-refractivity contribution in [3.8, 4) is 0 Å². The highest BCUT2D eigenvalue weighted by atomic mass is 16.2. The van der Waals surface area contributed by atoms with Gasteiger partial charge in [-0.2, -0.15) is 5.10 Å². The molecule has 2 fully saturated rings. The second-order valence-electron chi connectivity index (χ2n) is 7.27. The first-order valence-corrected chi connectivity index (χ1v) is 9.33.